The number of hydrogen-bond donors (Lipinski definition) is 0. The van der Waals surface area contributed by atoms with Crippen LogP contribution in [0.25, 0.3) is 0 Å². The molecule has 0 saturated carbocycles. The van der Waals surface area contributed by atoms with E-state index in [2.05, 4.69) is 11.6 Å². The van der Waals surface area contributed by atoms with Crippen LogP contribution in [0, 0.1) is 6.92 Å². The summed E-state index contributed by atoms with van der Waals surface area (Å²) in [5.74, 6) is -0.380. The highest BCUT2D eigenvalue weighted by atomic mass is 32.2. The maximum atomic E-state index is 12.4. The first-order valence-electron chi connectivity index (χ1n) is 5.51. The molecule has 106 valence electrons. The summed E-state index contributed by atoms with van der Waals surface area (Å²) in [4.78, 5) is 3.40. The third-order valence-corrected chi connectivity index (χ3v) is 4.10. The van der Waals surface area contributed by atoms with Gasteiger partial charge in [0.1, 0.15) is 5.69 Å². The van der Waals surface area contributed by atoms with Crippen LogP contribution in [0.2, 0.25) is 0 Å². The molecule has 0 spiro atoms. The Labute approximate surface area is 110 Å². The van der Waals surface area contributed by atoms with E-state index in [1.165, 1.54) is 13.0 Å². The van der Waals surface area contributed by atoms with Gasteiger partial charge in [-0.2, -0.15) is 13.2 Å². The van der Waals surface area contributed by atoms with E-state index in [1.807, 2.05) is 0 Å². The fourth-order valence-corrected chi connectivity index (χ4v) is 2.92. The number of rotatable bonds is 5. The number of nitrogens with zero attached hydrogens (tertiary/aromatic N) is 1. The van der Waals surface area contributed by atoms with Gasteiger partial charge in [-0.3, -0.25) is 0 Å². The van der Waals surface area contributed by atoms with Crippen molar-refractivity contribution in [3.05, 3.63) is 41.7 Å². The van der Waals surface area contributed by atoms with Crippen LogP contribution in [0.1, 0.15) is 23.4 Å². The Kier molecular flexibility index (Phi) is 4.73. The summed E-state index contributed by atoms with van der Waals surface area (Å²) in [5.41, 5.74) is -0.647. The van der Waals surface area contributed by atoms with Crippen LogP contribution >= 0.6 is 0 Å². The monoisotopic (exact) mass is 293 g/mol. The molecule has 0 aliphatic rings. The molecule has 19 heavy (non-hydrogen) atoms. The molecule has 0 aliphatic heterocycles. The molecule has 0 radical (unpaired) electrons. The first-order valence-corrected chi connectivity index (χ1v) is 7.33. The first kappa shape index (κ1) is 15.7. The zero-order valence-corrected chi connectivity index (χ0v) is 11.2. The predicted octanol–water partition coefficient (Wildman–Crippen LogP) is 2.90. The molecular weight excluding hydrogens is 279 g/mol. The minimum Gasteiger partial charge on any atom is -0.248 e. The van der Waals surface area contributed by atoms with Crippen molar-refractivity contribution >= 4 is 9.84 Å². The van der Waals surface area contributed by atoms with Gasteiger partial charge >= 0.3 is 6.18 Å². The maximum Gasteiger partial charge on any atom is 0.433 e. The lowest BCUT2D eigenvalue weighted by Gasteiger charge is -2.10. The van der Waals surface area contributed by atoms with Gasteiger partial charge in [0.15, 0.2) is 9.84 Å². The fourth-order valence-electron chi connectivity index (χ4n) is 1.47. The van der Waals surface area contributed by atoms with E-state index >= 15 is 0 Å². The highest BCUT2D eigenvalue weighted by Crippen LogP contribution is 2.28. The smallest absolute Gasteiger partial charge is 0.248 e. The summed E-state index contributed by atoms with van der Waals surface area (Å²) >= 11 is 0. The van der Waals surface area contributed by atoms with Crippen LogP contribution in [0.5, 0.6) is 0 Å². The second-order valence-corrected chi connectivity index (χ2v) is 6.29. The molecule has 0 N–H and O–H groups in total. The lowest BCUT2D eigenvalue weighted by atomic mass is 10.2. The Morgan fingerprint density at radius 2 is 2.00 bits per heavy atom. The van der Waals surface area contributed by atoms with Gasteiger partial charge in [0.2, 0.25) is 0 Å². The second kappa shape index (κ2) is 5.73. The van der Waals surface area contributed by atoms with E-state index in [0.29, 0.717) is 6.42 Å². The van der Waals surface area contributed by atoms with Crippen LogP contribution in [-0.2, 0) is 21.8 Å². The quantitative estimate of drug-likeness (QED) is 0.784. The van der Waals surface area contributed by atoms with E-state index < -0.39 is 21.7 Å². The largest absolute Gasteiger partial charge is 0.433 e. The topological polar surface area (TPSA) is 47.0 Å². The van der Waals surface area contributed by atoms with Crippen molar-refractivity contribution in [1.82, 2.24) is 4.98 Å². The summed E-state index contributed by atoms with van der Waals surface area (Å²) in [6.07, 6.45) is -2.73. The van der Waals surface area contributed by atoms with Gasteiger partial charge in [-0.1, -0.05) is 12.1 Å². The van der Waals surface area contributed by atoms with Gasteiger partial charge < -0.3 is 0 Å². The van der Waals surface area contributed by atoms with Gasteiger partial charge in [-0.05, 0) is 25.0 Å². The van der Waals surface area contributed by atoms with E-state index in [-0.39, 0.29) is 22.8 Å². The number of halogens is 3. The van der Waals surface area contributed by atoms with E-state index in [0.717, 1.165) is 12.1 Å². The lowest BCUT2D eigenvalue weighted by molar-refractivity contribution is -0.141. The highest BCUT2D eigenvalue weighted by Gasteiger charge is 2.32. The second-order valence-electron chi connectivity index (χ2n) is 4.11. The minimum atomic E-state index is -4.52. The van der Waals surface area contributed by atoms with Crippen LogP contribution in [-0.4, -0.2) is 19.2 Å². The molecule has 0 aromatic carbocycles. The molecule has 0 atom stereocenters. The Morgan fingerprint density at radius 3 is 2.47 bits per heavy atom. The molecule has 1 aromatic heterocycles. The molecule has 0 fully saturated rings. The van der Waals surface area contributed by atoms with E-state index in [1.54, 1.807) is 0 Å². The standard InChI is InChI=1S/C12H14F3NO2S/c1-3-4-7-19(17,18)8-10-5-6-11(12(13,14)15)16-9(10)2/h3,5-6H,1,4,7-8H2,2H3. The van der Waals surface area contributed by atoms with Crippen molar-refractivity contribution in [3.63, 3.8) is 0 Å². The predicted molar refractivity (Wildman–Crippen MR) is 66.3 cm³/mol. The van der Waals surface area contributed by atoms with Crippen molar-refractivity contribution in [2.75, 3.05) is 5.75 Å². The normalized spacial score (nSPS) is 12.4. The fraction of sp³-hybridized carbons (Fsp3) is 0.417. The van der Waals surface area contributed by atoms with Gasteiger partial charge in [0.05, 0.1) is 11.5 Å². The summed E-state index contributed by atoms with van der Waals surface area (Å²) in [6, 6.07) is 1.96. The highest BCUT2D eigenvalue weighted by molar-refractivity contribution is 7.90. The Balaban J connectivity index is 2.95. The zero-order chi connectivity index (χ0) is 14.7. The molecule has 1 heterocycles. The molecular formula is C12H14F3NO2S. The molecule has 1 rings (SSSR count). The van der Waals surface area contributed by atoms with Gasteiger partial charge in [0.25, 0.3) is 0 Å². The Bertz CT molecular complexity index is 565. The maximum absolute atomic E-state index is 12.4. The lowest BCUT2D eigenvalue weighted by Crippen LogP contribution is -2.13. The van der Waals surface area contributed by atoms with Gasteiger partial charge in [-0.15, -0.1) is 6.58 Å². The average molecular weight is 293 g/mol. The number of allylic oxidation sites excluding steroid dienone is 1. The number of alkyl halides is 3. The average Bonchev–Trinajstić information content (AvgIpc) is 2.27. The molecule has 1 aromatic rings. The zero-order valence-electron chi connectivity index (χ0n) is 10.4. The summed E-state index contributed by atoms with van der Waals surface area (Å²) < 4.78 is 60.6. The number of aryl methyl sites for hydroxylation is 1. The van der Waals surface area contributed by atoms with Gasteiger partial charge in [-0.25, -0.2) is 13.4 Å². The SMILES string of the molecule is C=CCCS(=O)(=O)Cc1ccc(C(F)(F)F)nc1C. The Hall–Kier alpha value is -1.37. The summed E-state index contributed by atoms with van der Waals surface area (Å²) in [6.45, 7) is 4.79. The third-order valence-electron chi connectivity index (χ3n) is 2.49. The molecule has 0 saturated heterocycles. The summed E-state index contributed by atoms with van der Waals surface area (Å²) in [7, 11) is -3.36. The van der Waals surface area contributed by atoms with Crippen molar-refractivity contribution < 1.29 is 21.6 Å². The van der Waals surface area contributed by atoms with Crippen molar-refractivity contribution in [2.24, 2.45) is 0 Å². The molecule has 0 unspecified atom stereocenters. The van der Waals surface area contributed by atoms with Gasteiger partial charge in [0, 0.05) is 5.69 Å². The number of aromatic nitrogens is 1. The third kappa shape index (κ3) is 4.66. The molecule has 0 amide bonds. The number of pyridine rings is 1. The minimum absolute atomic E-state index is 0.0725. The van der Waals surface area contributed by atoms with Crippen LogP contribution in [0.4, 0.5) is 13.2 Å². The summed E-state index contributed by atoms with van der Waals surface area (Å²) in [5, 5.41) is 0. The van der Waals surface area contributed by atoms with Crippen molar-refractivity contribution in [3.8, 4) is 0 Å². The van der Waals surface area contributed by atoms with E-state index in [4.69, 9.17) is 0 Å². The molecule has 0 aliphatic carbocycles. The van der Waals surface area contributed by atoms with E-state index in [9.17, 15) is 21.6 Å². The van der Waals surface area contributed by atoms with Crippen LogP contribution < -0.4 is 0 Å². The van der Waals surface area contributed by atoms with Crippen molar-refractivity contribution in [2.45, 2.75) is 25.3 Å². The molecule has 7 heteroatoms. The van der Waals surface area contributed by atoms with Crippen LogP contribution in [0.15, 0.2) is 24.8 Å². The molecule has 0 bridgehead atoms. The number of hydrogen-bond acceptors (Lipinski definition) is 3. The molecule has 3 nitrogen and oxygen atoms in total. The first-order chi connectivity index (χ1) is 8.65. The van der Waals surface area contributed by atoms with Crippen LogP contribution in [0.3, 0.4) is 0 Å². The Morgan fingerprint density at radius 1 is 1.37 bits per heavy atom. The van der Waals surface area contributed by atoms with Crippen molar-refractivity contribution in [1.29, 1.82) is 0 Å². The number of sulfone groups is 1.